The van der Waals surface area contributed by atoms with Crippen molar-refractivity contribution in [2.75, 3.05) is 7.05 Å². The summed E-state index contributed by atoms with van der Waals surface area (Å²) in [6.45, 7) is 6.99. The Morgan fingerprint density at radius 3 is 2.29 bits per heavy atom. The van der Waals surface area contributed by atoms with Gasteiger partial charge in [0, 0.05) is 26.4 Å². The molecule has 10 heteroatoms. The molecule has 3 aromatic rings. The van der Waals surface area contributed by atoms with Gasteiger partial charge in [-0.2, -0.15) is 0 Å². The summed E-state index contributed by atoms with van der Waals surface area (Å²) in [5.74, 6) is -1.13. The predicted molar refractivity (Wildman–Crippen MR) is 182 cm³/mol. The maximum atomic E-state index is 14.6. The van der Waals surface area contributed by atoms with Crippen LogP contribution in [0.5, 0.6) is 5.75 Å². The number of aromatic hydroxyl groups is 1. The normalized spacial score (nSPS) is 18.4. The van der Waals surface area contributed by atoms with Crippen molar-refractivity contribution >= 4 is 23.8 Å². The van der Waals surface area contributed by atoms with E-state index >= 15 is 0 Å². The first-order chi connectivity index (χ1) is 22.8. The van der Waals surface area contributed by atoms with Crippen LogP contribution in [0.15, 0.2) is 72.8 Å². The van der Waals surface area contributed by atoms with Crippen LogP contribution in [-0.4, -0.2) is 69.5 Å². The first-order valence-corrected chi connectivity index (χ1v) is 16.6. The molecule has 0 radical (unpaired) electrons. The number of nitrogens with one attached hydrogen (secondary N) is 2. The van der Waals surface area contributed by atoms with Crippen LogP contribution in [0.4, 0.5) is 4.79 Å². The molecule has 1 aliphatic carbocycles. The molecule has 4 amide bonds. The van der Waals surface area contributed by atoms with Crippen molar-refractivity contribution in [1.82, 2.24) is 20.4 Å². The highest BCUT2D eigenvalue weighted by atomic mass is 16.6. The van der Waals surface area contributed by atoms with E-state index in [2.05, 4.69) is 22.8 Å². The zero-order valence-corrected chi connectivity index (χ0v) is 28.4. The number of phenolic OH excluding ortho intramolecular Hbond substituents is 1. The number of likely N-dealkylation sites (N-methyl/N-ethyl adjacent to an activating group) is 1. The lowest BCUT2D eigenvalue weighted by molar-refractivity contribution is -0.145. The van der Waals surface area contributed by atoms with Crippen LogP contribution >= 0.6 is 0 Å². The van der Waals surface area contributed by atoms with Gasteiger partial charge < -0.3 is 25.4 Å². The lowest BCUT2D eigenvalue weighted by atomic mass is 9.87. The van der Waals surface area contributed by atoms with Gasteiger partial charge in [0.25, 0.3) is 0 Å². The summed E-state index contributed by atoms with van der Waals surface area (Å²) in [6, 6.07) is 19.3. The number of phenols is 1. The largest absolute Gasteiger partial charge is 0.508 e. The fraction of sp³-hybridized carbons (Fsp3) is 0.421. The molecule has 0 fully saturated rings. The number of hydrogen-bond acceptors (Lipinski definition) is 6. The minimum atomic E-state index is -1.06. The van der Waals surface area contributed by atoms with E-state index in [4.69, 9.17) is 4.74 Å². The molecule has 5 rings (SSSR count). The number of amides is 4. The Labute approximate surface area is 282 Å². The average molecular weight is 655 g/mol. The fourth-order valence-electron chi connectivity index (χ4n) is 6.39. The molecule has 3 N–H and O–H groups in total. The van der Waals surface area contributed by atoms with E-state index in [-0.39, 0.29) is 30.7 Å². The van der Waals surface area contributed by atoms with Crippen LogP contribution in [-0.2, 0) is 44.9 Å². The lowest BCUT2D eigenvalue weighted by Crippen LogP contribution is -2.60. The second-order valence-corrected chi connectivity index (χ2v) is 13.8. The zero-order valence-electron chi connectivity index (χ0n) is 28.4. The molecule has 0 saturated carbocycles. The Bertz CT molecular complexity index is 1650. The van der Waals surface area contributed by atoms with Crippen LogP contribution in [0.1, 0.15) is 74.4 Å². The van der Waals surface area contributed by atoms with Crippen LogP contribution in [0.2, 0.25) is 0 Å². The number of aryl methyl sites for hydroxylation is 1. The minimum Gasteiger partial charge on any atom is -0.508 e. The van der Waals surface area contributed by atoms with E-state index in [0.29, 0.717) is 12.0 Å². The molecule has 1 aliphatic heterocycles. The third kappa shape index (κ3) is 8.16. The van der Waals surface area contributed by atoms with Crippen molar-refractivity contribution in [3.05, 3.63) is 101 Å². The summed E-state index contributed by atoms with van der Waals surface area (Å²) < 4.78 is 5.45. The molecule has 0 saturated heterocycles. The third-order valence-electron chi connectivity index (χ3n) is 9.15. The van der Waals surface area contributed by atoms with Gasteiger partial charge in [0.05, 0.1) is 6.04 Å². The van der Waals surface area contributed by atoms with Crippen LogP contribution in [0.25, 0.3) is 0 Å². The number of carbonyl (C=O) groups is 4. The van der Waals surface area contributed by atoms with Gasteiger partial charge in [-0.05, 0) is 86.9 Å². The Hall–Kier alpha value is -4.86. The Kier molecular flexibility index (Phi) is 10.4. The van der Waals surface area contributed by atoms with Gasteiger partial charge in [0.1, 0.15) is 29.5 Å². The first-order valence-electron chi connectivity index (χ1n) is 16.6. The van der Waals surface area contributed by atoms with Crippen molar-refractivity contribution in [3.63, 3.8) is 0 Å². The smallest absolute Gasteiger partial charge is 0.410 e. The monoisotopic (exact) mass is 654 g/mol. The Morgan fingerprint density at radius 2 is 1.60 bits per heavy atom. The molecule has 2 aliphatic rings. The van der Waals surface area contributed by atoms with Gasteiger partial charge in [-0.1, -0.05) is 60.7 Å². The molecule has 3 aromatic carbocycles. The molecule has 0 unspecified atom stereocenters. The second kappa shape index (κ2) is 14.5. The number of nitrogens with zero attached hydrogens (tertiary/aromatic N) is 2. The molecule has 254 valence electrons. The molecule has 0 bridgehead atoms. The van der Waals surface area contributed by atoms with Crippen LogP contribution < -0.4 is 10.6 Å². The molecule has 1 heterocycles. The SMILES string of the molecule is C[C@@H](C(=O)N[C@@H](Cc1ccc(O)cc1)C(=O)N1Cc2ccccc2C[C@H]1C(=O)N[C@@H]1CCCc2ccccc21)N(C)C(=O)OC(C)(C)C. The highest BCUT2D eigenvalue weighted by Gasteiger charge is 2.40. The van der Waals surface area contributed by atoms with Crippen LogP contribution in [0, 0.1) is 0 Å². The third-order valence-corrected chi connectivity index (χ3v) is 9.15. The van der Waals surface area contributed by atoms with E-state index in [1.54, 1.807) is 44.7 Å². The van der Waals surface area contributed by atoms with E-state index in [1.807, 2.05) is 36.4 Å². The number of ether oxygens (including phenoxy) is 1. The highest BCUT2D eigenvalue weighted by Crippen LogP contribution is 2.31. The predicted octanol–water partition coefficient (Wildman–Crippen LogP) is 4.82. The van der Waals surface area contributed by atoms with Crippen LogP contribution in [0.3, 0.4) is 0 Å². The first kappa shape index (κ1) is 34.5. The summed E-state index contributed by atoms with van der Waals surface area (Å²) in [5.41, 5.74) is 4.21. The summed E-state index contributed by atoms with van der Waals surface area (Å²) >= 11 is 0. The van der Waals surface area contributed by atoms with E-state index < -0.39 is 41.6 Å². The summed E-state index contributed by atoms with van der Waals surface area (Å²) in [4.78, 5) is 57.9. The standard InChI is InChI=1S/C38H46N4O6/c1-24(41(5)37(47)48-38(2,3)4)34(44)40-32(21-25-17-19-29(43)20-18-25)36(46)42-23-28-13-7-6-12-27(28)22-33(42)35(45)39-31-16-10-14-26-11-8-9-15-30(26)31/h6-9,11-13,15,17-20,24,31-33,43H,10,14,16,21-23H2,1-5H3,(H,39,45)(H,40,44)/t24-,31+,32-,33-/m0/s1. The summed E-state index contributed by atoms with van der Waals surface area (Å²) in [7, 11) is 1.47. The average Bonchev–Trinajstić information content (AvgIpc) is 3.06. The van der Waals surface area contributed by atoms with E-state index in [0.717, 1.165) is 36.0 Å². The van der Waals surface area contributed by atoms with E-state index in [9.17, 15) is 24.3 Å². The van der Waals surface area contributed by atoms with Crippen molar-refractivity contribution in [2.24, 2.45) is 0 Å². The molecular weight excluding hydrogens is 608 g/mol. The van der Waals surface area contributed by atoms with Crippen molar-refractivity contribution in [1.29, 1.82) is 0 Å². The number of carbonyl (C=O) groups excluding carboxylic acids is 4. The molecule has 48 heavy (non-hydrogen) atoms. The summed E-state index contributed by atoms with van der Waals surface area (Å²) in [6.07, 6.45) is 2.50. The number of hydrogen-bond donors (Lipinski definition) is 3. The lowest BCUT2D eigenvalue weighted by Gasteiger charge is -2.39. The summed E-state index contributed by atoms with van der Waals surface area (Å²) in [5, 5.41) is 16.0. The van der Waals surface area contributed by atoms with Gasteiger partial charge in [0.15, 0.2) is 0 Å². The highest BCUT2D eigenvalue weighted by molar-refractivity contribution is 5.94. The van der Waals surface area contributed by atoms with E-state index in [1.165, 1.54) is 29.6 Å². The van der Waals surface area contributed by atoms with Crippen molar-refractivity contribution < 1.29 is 29.0 Å². The van der Waals surface area contributed by atoms with Crippen molar-refractivity contribution in [2.45, 2.75) is 96.1 Å². The molecule has 10 nitrogen and oxygen atoms in total. The zero-order chi connectivity index (χ0) is 34.6. The molecule has 0 spiro atoms. The molecular formula is C38H46N4O6. The van der Waals surface area contributed by atoms with Gasteiger partial charge in [0.2, 0.25) is 17.7 Å². The second-order valence-electron chi connectivity index (χ2n) is 13.8. The topological polar surface area (TPSA) is 128 Å². The minimum absolute atomic E-state index is 0.0759. The van der Waals surface area contributed by atoms with Gasteiger partial charge in [-0.3, -0.25) is 19.3 Å². The van der Waals surface area contributed by atoms with Gasteiger partial charge in [-0.25, -0.2) is 4.79 Å². The van der Waals surface area contributed by atoms with Crippen molar-refractivity contribution in [3.8, 4) is 5.75 Å². The number of fused-ring (bicyclic) bond motifs is 2. The fourth-order valence-corrected chi connectivity index (χ4v) is 6.39. The van der Waals surface area contributed by atoms with Gasteiger partial charge >= 0.3 is 6.09 Å². The molecule has 0 aromatic heterocycles. The van der Waals surface area contributed by atoms with Gasteiger partial charge in [-0.15, -0.1) is 0 Å². The number of benzene rings is 3. The Morgan fingerprint density at radius 1 is 0.958 bits per heavy atom. The maximum Gasteiger partial charge on any atom is 0.410 e. The quantitative estimate of drug-likeness (QED) is 0.320. The Balaban J connectivity index is 1.42. The molecule has 4 atom stereocenters. The number of rotatable bonds is 8. The maximum absolute atomic E-state index is 14.6.